The van der Waals surface area contributed by atoms with Crippen molar-refractivity contribution < 1.29 is 10.7 Å². The molecule has 0 amide bonds. The van der Waals surface area contributed by atoms with Crippen LogP contribution in [0.5, 0.6) is 0 Å². The van der Waals surface area contributed by atoms with Crippen LogP contribution in [0.2, 0.25) is 0 Å². The summed E-state index contributed by atoms with van der Waals surface area (Å²) in [5.41, 5.74) is 0. The quantitative estimate of drug-likeness (QED) is 0.150. The number of benzene rings is 8. The van der Waals surface area contributed by atoms with Gasteiger partial charge < -0.3 is 0 Å². The van der Waals surface area contributed by atoms with E-state index in [0.717, 1.165) is 0 Å². The molecular formula is C48H40Pd. The SMILES string of the molecule is c1cc[c]([Pd]([c]2ccccc2)([c]2ccccc2)([c]2ccccc2)([c]2ccccc2)([c]2ccccc2)([c]2ccccc2)[c]2ccccc2)cc1. The van der Waals surface area contributed by atoms with Crippen LogP contribution in [0.1, 0.15) is 0 Å². The molecule has 0 saturated heterocycles. The molecule has 0 aliphatic rings. The second-order valence-electron chi connectivity index (χ2n) is 12.3. The minimum absolute atomic E-state index is 1.20. The van der Waals surface area contributed by atoms with Crippen LogP contribution in [0.4, 0.5) is 0 Å². The van der Waals surface area contributed by atoms with E-state index in [-0.39, 0.29) is 0 Å². The van der Waals surface area contributed by atoms with Gasteiger partial charge in [-0.3, -0.25) is 0 Å². The van der Waals surface area contributed by atoms with E-state index >= 15 is 0 Å². The summed E-state index contributed by atoms with van der Waals surface area (Å²) in [6, 6.07) is 91.6. The molecular weight excluding hydrogens is 683 g/mol. The van der Waals surface area contributed by atoms with Gasteiger partial charge in [-0.25, -0.2) is 0 Å². The van der Waals surface area contributed by atoms with Gasteiger partial charge in [-0.2, -0.15) is 0 Å². The first kappa shape index (κ1) is 30.7. The van der Waals surface area contributed by atoms with Gasteiger partial charge in [0.2, 0.25) is 0 Å². The Morgan fingerprint density at radius 2 is 0.245 bits per heavy atom. The van der Waals surface area contributed by atoms with Crippen molar-refractivity contribution in [1.29, 1.82) is 0 Å². The standard InChI is InChI=1S/8C6H5.Pd/c8*1-2-4-6-5-3-1;/h8*1-5H;. The molecule has 0 N–H and O–H groups in total. The molecule has 1 heteroatoms. The van der Waals surface area contributed by atoms with Gasteiger partial charge in [0, 0.05) is 0 Å². The molecule has 0 unspecified atom stereocenters. The maximum absolute atomic E-state index is 7.55. The summed E-state index contributed by atoms with van der Waals surface area (Å²) >= 11 is 0. The van der Waals surface area contributed by atoms with Crippen molar-refractivity contribution in [3.63, 3.8) is 0 Å². The molecule has 8 aromatic rings. The Bertz CT molecular complexity index is 1850. The van der Waals surface area contributed by atoms with Crippen molar-refractivity contribution in [1.82, 2.24) is 0 Å². The fourth-order valence-electron chi connectivity index (χ4n) is 9.13. The second kappa shape index (κ2) is 9.75. The van der Waals surface area contributed by atoms with Crippen LogP contribution in [-0.4, -0.2) is 0 Å². The number of hydrogen-bond acceptors (Lipinski definition) is 0. The van der Waals surface area contributed by atoms with Crippen molar-refractivity contribution in [3.8, 4) is 0 Å². The van der Waals surface area contributed by atoms with Crippen LogP contribution in [0.25, 0.3) is 0 Å². The first-order chi connectivity index (χ1) is 24.2. The van der Waals surface area contributed by atoms with Gasteiger partial charge >= 0.3 is 286 Å². The van der Waals surface area contributed by atoms with E-state index in [9.17, 15) is 0 Å². The predicted molar refractivity (Wildman–Crippen MR) is 209 cm³/mol. The molecule has 0 saturated carbocycles. The third-order valence-electron chi connectivity index (χ3n) is 10.8. The Labute approximate surface area is 284 Å². The maximum atomic E-state index is 2.42. The molecule has 0 aliphatic heterocycles. The molecule has 0 bridgehead atoms. The van der Waals surface area contributed by atoms with Gasteiger partial charge in [-0.05, 0) is 0 Å². The van der Waals surface area contributed by atoms with Gasteiger partial charge in [0.05, 0.1) is 0 Å². The summed E-state index contributed by atoms with van der Waals surface area (Å²) < 4.78 is 9.58. The van der Waals surface area contributed by atoms with Gasteiger partial charge in [-0.15, -0.1) is 0 Å². The van der Waals surface area contributed by atoms with Crippen LogP contribution in [0, 0.1) is 0 Å². The van der Waals surface area contributed by atoms with Crippen LogP contribution in [0.3, 0.4) is 0 Å². The van der Waals surface area contributed by atoms with E-state index < -0.39 is 10.7 Å². The average molecular weight is 723 g/mol. The summed E-state index contributed by atoms with van der Waals surface area (Å²) in [7, 11) is -7.55. The van der Waals surface area contributed by atoms with E-state index in [1.807, 2.05) is 0 Å². The van der Waals surface area contributed by atoms with Gasteiger partial charge in [0.15, 0.2) is 0 Å². The van der Waals surface area contributed by atoms with E-state index in [1.165, 1.54) is 32.3 Å². The van der Waals surface area contributed by atoms with Gasteiger partial charge in [0.25, 0.3) is 0 Å². The molecule has 0 radical (unpaired) electrons. The van der Waals surface area contributed by atoms with E-state index in [2.05, 4.69) is 243 Å². The van der Waals surface area contributed by atoms with Crippen molar-refractivity contribution in [3.05, 3.63) is 243 Å². The van der Waals surface area contributed by atoms with Gasteiger partial charge in [0.1, 0.15) is 0 Å². The monoisotopic (exact) mass is 722 g/mol. The fraction of sp³-hybridized carbons (Fsp3) is 0. The molecule has 8 rings (SSSR count). The Morgan fingerprint density at radius 3 is 0.347 bits per heavy atom. The normalized spacial score (nSPS) is 14.7. The zero-order valence-electron chi connectivity index (χ0n) is 27.4. The van der Waals surface area contributed by atoms with Crippen LogP contribution in [-0.2, 0) is 10.7 Å². The van der Waals surface area contributed by atoms with E-state index in [4.69, 9.17) is 0 Å². The Balaban J connectivity index is 2.17. The number of hydrogen-bond donors (Lipinski definition) is 0. The topological polar surface area (TPSA) is 0 Å². The zero-order chi connectivity index (χ0) is 33.3. The van der Waals surface area contributed by atoms with Crippen LogP contribution >= 0.6 is 0 Å². The summed E-state index contributed by atoms with van der Waals surface area (Å²) in [5, 5.41) is 0. The van der Waals surface area contributed by atoms with Crippen molar-refractivity contribution in [2.45, 2.75) is 0 Å². The second-order valence-corrected chi connectivity index (χ2v) is 30.4. The Kier molecular flexibility index (Phi) is 6.11. The third kappa shape index (κ3) is 2.39. The molecule has 0 fully saturated rings. The van der Waals surface area contributed by atoms with Crippen molar-refractivity contribution in [2.75, 3.05) is 0 Å². The molecule has 0 aliphatic carbocycles. The van der Waals surface area contributed by atoms with E-state index in [1.54, 1.807) is 0 Å². The summed E-state index contributed by atoms with van der Waals surface area (Å²) in [5.74, 6) is 0. The Morgan fingerprint density at radius 1 is 0.143 bits per heavy atom. The molecule has 0 heterocycles. The summed E-state index contributed by atoms with van der Waals surface area (Å²) in [6.45, 7) is 0. The molecule has 8 aromatic carbocycles. The predicted octanol–water partition coefficient (Wildman–Crippen LogP) is 6.89. The number of rotatable bonds is 8. The Hall–Kier alpha value is -5.58. The first-order valence-electron chi connectivity index (χ1n) is 16.6. The van der Waals surface area contributed by atoms with Gasteiger partial charge in [-0.1, -0.05) is 0 Å². The molecule has 242 valence electrons. The van der Waals surface area contributed by atoms with Crippen LogP contribution < -0.4 is 32.3 Å². The first-order valence-corrected chi connectivity index (χ1v) is 22.8. The molecule has 49 heavy (non-hydrogen) atoms. The molecule has 0 aromatic heterocycles. The van der Waals surface area contributed by atoms with Crippen molar-refractivity contribution >= 4 is 32.3 Å². The average Bonchev–Trinajstić information content (AvgIpc) is 3.23. The minimum atomic E-state index is -7.55. The van der Waals surface area contributed by atoms with Crippen molar-refractivity contribution in [2.24, 2.45) is 0 Å². The molecule has 0 atom stereocenters. The summed E-state index contributed by atoms with van der Waals surface area (Å²) in [4.78, 5) is 0. The van der Waals surface area contributed by atoms with Crippen LogP contribution in [0.15, 0.2) is 243 Å². The zero-order valence-corrected chi connectivity index (χ0v) is 29.0. The fourth-order valence-corrected chi connectivity index (χ4v) is 40.5. The van der Waals surface area contributed by atoms with E-state index in [0.29, 0.717) is 0 Å². The summed E-state index contributed by atoms with van der Waals surface area (Å²) in [6.07, 6.45) is 0. The molecule has 0 nitrogen and oxygen atoms in total. The molecule has 0 spiro atoms. The third-order valence-corrected chi connectivity index (χ3v) is 40.1.